The lowest BCUT2D eigenvalue weighted by Gasteiger charge is -2.29. The Labute approximate surface area is 160 Å². The number of rotatable bonds is 5. The van der Waals surface area contributed by atoms with Crippen LogP contribution in [0, 0.1) is 0 Å². The van der Waals surface area contributed by atoms with Crippen molar-refractivity contribution < 1.29 is 0 Å². The van der Waals surface area contributed by atoms with Gasteiger partial charge in [-0.1, -0.05) is 29.8 Å². The SMILES string of the molecule is CCn1cc(CNc2ccc(N3CCCCC3)c(Cl)c2)c2ccccc21. The number of piperidine rings is 1. The highest BCUT2D eigenvalue weighted by Gasteiger charge is 2.14. The van der Waals surface area contributed by atoms with Crippen LogP contribution >= 0.6 is 11.6 Å². The number of hydrogen-bond donors (Lipinski definition) is 1. The number of para-hydroxylation sites is 1. The molecule has 3 nitrogen and oxygen atoms in total. The number of benzene rings is 2. The maximum Gasteiger partial charge on any atom is 0.0660 e. The first-order valence-corrected chi connectivity index (χ1v) is 9.99. The molecule has 1 saturated heterocycles. The summed E-state index contributed by atoms with van der Waals surface area (Å²) < 4.78 is 2.30. The standard InChI is InChI=1S/C22H26ClN3/c1-2-25-16-17(19-8-4-5-9-21(19)25)15-24-18-10-11-22(20(23)14-18)26-12-6-3-7-13-26/h4-5,8-11,14,16,24H,2-3,6-7,12-13,15H2,1H3. The normalized spacial score (nSPS) is 14.8. The molecule has 1 aliphatic heterocycles. The van der Waals surface area contributed by atoms with E-state index in [-0.39, 0.29) is 0 Å². The first kappa shape index (κ1) is 17.3. The van der Waals surface area contributed by atoms with Gasteiger partial charge in [-0.3, -0.25) is 0 Å². The van der Waals surface area contributed by atoms with Gasteiger partial charge in [-0.05, 0) is 56.0 Å². The van der Waals surface area contributed by atoms with E-state index in [1.165, 1.54) is 41.4 Å². The molecule has 4 heteroatoms. The third-order valence-electron chi connectivity index (χ3n) is 5.34. The van der Waals surface area contributed by atoms with Crippen LogP contribution in [0.4, 0.5) is 11.4 Å². The monoisotopic (exact) mass is 367 g/mol. The lowest BCUT2D eigenvalue weighted by atomic mass is 10.1. The van der Waals surface area contributed by atoms with Crippen molar-refractivity contribution in [3.8, 4) is 0 Å². The summed E-state index contributed by atoms with van der Waals surface area (Å²) in [6.07, 6.45) is 6.11. The minimum Gasteiger partial charge on any atom is -0.381 e. The number of fused-ring (bicyclic) bond motifs is 1. The second kappa shape index (κ2) is 7.63. The summed E-state index contributed by atoms with van der Waals surface area (Å²) >= 11 is 6.58. The highest BCUT2D eigenvalue weighted by Crippen LogP contribution is 2.31. The minimum atomic E-state index is 0.799. The maximum atomic E-state index is 6.58. The summed E-state index contributed by atoms with van der Waals surface area (Å²) in [6, 6.07) is 15.0. The predicted molar refractivity (Wildman–Crippen MR) is 112 cm³/mol. The topological polar surface area (TPSA) is 20.2 Å². The molecule has 1 aromatic heterocycles. The molecule has 26 heavy (non-hydrogen) atoms. The maximum absolute atomic E-state index is 6.58. The van der Waals surface area contributed by atoms with Crippen molar-refractivity contribution in [1.82, 2.24) is 4.57 Å². The zero-order chi connectivity index (χ0) is 17.9. The fourth-order valence-electron chi connectivity index (χ4n) is 3.93. The Kier molecular flexibility index (Phi) is 5.07. The van der Waals surface area contributed by atoms with Gasteiger partial charge in [-0.15, -0.1) is 0 Å². The van der Waals surface area contributed by atoms with Gasteiger partial charge in [0.15, 0.2) is 0 Å². The lowest BCUT2D eigenvalue weighted by Crippen LogP contribution is -2.29. The van der Waals surface area contributed by atoms with E-state index in [4.69, 9.17) is 11.6 Å². The molecule has 0 unspecified atom stereocenters. The Morgan fingerprint density at radius 2 is 1.85 bits per heavy atom. The predicted octanol–water partition coefficient (Wildman–Crippen LogP) is 5.92. The molecule has 0 amide bonds. The highest BCUT2D eigenvalue weighted by molar-refractivity contribution is 6.33. The van der Waals surface area contributed by atoms with E-state index >= 15 is 0 Å². The summed E-state index contributed by atoms with van der Waals surface area (Å²) in [4.78, 5) is 2.41. The van der Waals surface area contributed by atoms with E-state index in [9.17, 15) is 0 Å². The Morgan fingerprint density at radius 3 is 2.62 bits per heavy atom. The number of anilines is 2. The Bertz CT molecular complexity index is 894. The van der Waals surface area contributed by atoms with Crippen LogP contribution in [0.5, 0.6) is 0 Å². The number of aromatic nitrogens is 1. The van der Waals surface area contributed by atoms with Crippen LogP contribution in [-0.2, 0) is 13.1 Å². The minimum absolute atomic E-state index is 0.799. The Hall–Kier alpha value is -2.13. The van der Waals surface area contributed by atoms with Gasteiger partial charge >= 0.3 is 0 Å². The molecule has 2 aromatic carbocycles. The molecule has 4 rings (SSSR count). The molecule has 0 aliphatic carbocycles. The van der Waals surface area contributed by atoms with Crippen LogP contribution in [-0.4, -0.2) is 17.7 Å². The molecule has 0 radical (unpaired) electrons. The number of hydrogen-bond acceptors (Lipinski definition) is 2. The van der Waals surface area contributed by atoms with Gasteiger partial charge in [0.1, 0.15) is 0 Å². The van der Waals surface area contributed by atoms with Crippen molar-refractivity contribution in [1.29, 1.82) is 0 Å². The molecule has 0 saturated carbocycles. The van der Waals surface area contributed by atoms with Crippen molar-refractivity contribution in [2.45, 2.75) is 39.3 Å². The van der Waals surface area contributed by atoms with E-state index in [0.717, 1.165) is 36.9 Å². The van der Waals surface area contributed by atoms with Crippen LogP contribution in [0.1, 0.15) is 31.7 Å². The second-order valence-corrected chi connectivity index (χ2v) is 7.43. The van der Waals surface area contributed by atoms with Crippen molar-refractivity contribution >= 4 is 33.9 Å². The van der Waals surface area contributed by atoms with E-state index in [0.29, 0.717) is 0 Å². The molecule has 1 fully saturated rings. The van der Waals surface area contributed by atoms with Gasteiger partial charge < -0.3 is 14.8 Å². The first-order valence-electron chi connectivity index (χ1n) is 9.61. The molecule has 1 N–H and O–H groups in total. The molecule has 0 bridgehead atoms. The number of nitrogens with zero attached hydrogens (tertiary/aromatic N) is 2. The van der Waals surface area contributed by atoms with Gasteiger partial charge in [0.2, 0.25) is 0 Å². The fraction of sp³-hybridized carbons (Fsp3) is 0.364. The van der Waals surface area contributed by atoms with E-state index in [1.807, 2.05) is 0 Å². The fourth-order valence-corrected chi connectivity index (χ4v) is 4.23. The third-order valence-corrected chi connectivity index (χ3v) is 5.64. The van der Waals surface area contributed by atoms with E-state index in [2.05, 4.69) is 70.4 Å². The van der Waals surface area contributed by atoms with Crippen LogP contribution in [0.25, 0.3) is 10.9 Å². The third kappa shape index (κ3) is 3.41. The summed E-state index contributed by atoms with van der Waals surface area (Å²) in [6.45, 7) is 6.19. The molecule has 136 valence electrons. The van der Waals surface area contributed by atoms with Gasteiger partial charge in [0.05, 0.1) is 10.7 Å². The Morgan fingerprint density at radius 1 is 1.04 bits per heavy atom. The molecule has 2 heterocycles. The zero-order valence-corrected chi connectivity index (χ0v) is 16.1. The summed E-state index contributed by atoms with van der Waals surface area (Å²) in [7, 11) is 0. The number of aryl methyl sites for hydroxylation is 1. The van der Waals surface area contributed by atoms with Gasteiger partial charge in [-0.25, -0.2) is 0 Å². The zero-order valence-electron chi connectivity index (χ0n) is 15.3. The van der Waals surface area contributed by atoms with E-state index in [1.54, 1.807) is 0 Å². The lowest BCUT2D eigenvalue weighted by molar-refractivity contribution is 0.578. The quantitative estimate of drug-likeness (QED) is 0.604. The smallest absolute Gasteiger partial charge is 0.0660 e. The van der Waals surface area contributed by atoms with Crippen molar-refractivity contribution in [3.63, 3.8) is 0 Å². The van der Waals surface area contributed by atoms with Crippen LogP contribution in [0.15, 0.2) is 48.7 Å². The molecular formula is C22H26ClN3. The average Bonchev–Trinajstić information content (AvgIpc) is 3.05. The molecular weight excluding hydrogens is 342 g/mol. The van der Waals surface area contributed by atoms with Crippen molar-refractivity contribution in [3.05, 3.63) is 59.2 Å². The van der Waals surface area contributed by atoms with Gasteiger partial charge in [-0.2, -0.15) is 0 Å². The summed E-state index contributed by atoms with van der Waals surface area (Å²) in [5.74, 6) is 0. The van der Waals surface area contributed by atoms with Gasteiger partial charge in [0, 0.05) is 49.0 Å². The largest absolute Gasteiger partial charge is 0.381 e. The first-order chi connectivity index (χ1) is 12.8. The average molecular weight is 368 g/mol. The Balaban J connectivity index is 1.51. The molecule has 0 atom stereocenters. The molecule has 1 aliphatic rings. The molecule has 3 aromatic rings. The van der Waals surface area contributed by atoms with Crippen molar-refractivity contribution in [2.24, 2.45) is 0 Å². The summed E-state index contributed by atoms with van der Waals surface area (Å²) in [5.41, 5.74) is 4.85. The van der Waals surface area contributed by atoms with Crippen LogP contribution < -0.4 is 10.2 Å². The second-order valence-electron chi connectivity index (χ2n) is 7.02. The number of nitrogens with one attached hydrogen (secondary N) is 1. The van der Waals surface area contributed by atoms with Crippen LogP contribution in [0.3, 0.4) is 0 Å². The van der Waals surface area contributed by atoms with E-state index < -0.39 is 0 Å². The highest BCUT2D eigenvalue weighted by atomic mass is 35.5. The van der Waals surface area contributed by atoms with Gasteiger partial charge in [0.25, 0.3) is 0 Å². The molecule has 0 spiro atoms. The summed E-state index contributed by atoms with van der Waals surface area (Å²) in [5, 5.41) is 5.70. The van der Waals surface area contributed by atoms with Crippen LogP contribution in [0.2, 0.25) is 5.02 Å². The van der Waals surface area contributed by atoms with Crippen molar-refractivity contribution in [2.75, 3.05) is 23.3 Å². The number of halogens is 1.